The molecule has 1 aliphatic carbocycles. The lowest BCUT2D eigenvalue weighted by Gasteiger charge is -2.24. The summed E-state index contributed by atoms with van der Waals surface area (Å²) >= 11 is 0. The Bertz CT molecular complexity index is 455. The fourth-order valence-corrected chi connectivity index (χ4v) is 2.34. The molecule has 0 saturated heterocycles. The molecule has 110 valence electrons. The van der Waals surface area contributed by atoms with E-state index in [1.165, 1.54) is 24.3 Å². The summed E-state index contributed by atoms with van der Waals surface area (Å²) in [6, 6.07) is 5.49. The molecular formula is C15H20FNO3. The molecule has 1 saturated carbocycles. The van der Waals surface area contributed by atoms with Crippen LogP contribution in [-0.4, -0.2) is 29.3 Å². The molecular weight excluding hydrogens is 261 g/mol. The first kappa shape index (κ1) is 14.8. The molecule has 20 heavy (non-hydrogen) atoms. The number of benzene rings is 1. The Kier molecular flexibility index (Phi) is 4.60. The van der Waals surface area contributed by atoms with Crippen molar-refractivity contribution in [2.24, 2.45) is 0 Å². The van der Waals surface area contributed by atoms with E-state index in [4.69, 9.17) is 4.74 Å². The lowest BCUT2D eigenvalue weighted by Crippen LogP contribution is -2.49. The van der Waals surface area contributed by atoms with Gasteiger partial charge in [-0.15, -0.1) is 0 Å². The molecule has 1 amide bonds. The Morgan fingerprint density at radius 3 is 2.60 bits per heavy atom. The molecule has 0 aromatic heterocycles. The van der Waals surface area contributed by atoms with Gasteiger partial charge in [-0.1, -0.05) is 0 Å². The predicted octanol–water partition coefficient (Wildman–Crippen LogP) is 2.01. The van der Waals surface area contributed by atoms with Crippen molar-refractivity contribution in [1.82, 2.24) is 5.32 Å². The molecule has 1 atom stereocenters. The molecule has 2 rings (SSSR count). The first-order chi connectivity index (χ1) is 9.49. The maximum atomic E-state index is 12.7. The van der Waals surface area contributed by atoms with Crippen molar-refractivity contribution in [2.45, 2.75) is 44.2 Å². The molecule has 0 spiro atoms. The Labute approximate surface area is 117 Å². The number of ether oxygens (including phenoxy) is 1. The van der Waals surface area contributed by atoms with Crippen molar-refractivity contribution in [1.29, 1.82) is 0 Å². The van der Waals surface area contributed by atoms with E-state index in [-0.39, 0.29) is 24.4 Å². The summed E-state index contributed by atoms with van der Waals surface area (Å²) in [7, 11) is 0. The van der Waals surface area contributed by atoms with E-state index in [9.17, 15) is 14.3 Å². The monoisotopic (exact) mass is 281 g/mol. The zero-order valence-corrected chi connectivity index (χ0v) is 11.6. The van der Waals surface area contributed by atoms with Crippen LogP contribution >= 0.6 is 0 Å². The normalized spacial score (nSPS) is 18.6. The van der Waals surface area contributed by atoms with Crippen LogP contribution < -0.4 is 10.1 Å². The summed E-state index contributed by atoms with van der Waals surface area (Å²) in [6.45, 7) is 2.08. The highest BCUT2D eigenvalue weighted by Gasteiger charge is 2.39. The molecule has 1 aromatic rings. The second-order valence-electron chi connectivity index (χ2n) is 5.38. The van der Waals surface area contributed by atoms with E-state index < -0.39 is 5.60 Å². The van der Waals surface area contributed by atoms with Gasteiger partial charge in [0.05, 0.1) is 6.04 Å². The van der Waals surface area contributed by atoms with Crippen molar-refractivity contribution in [2.75, 3.05) is 6.61 Å². The minimum absolute atomic E-state index is 0.225. The van der Waals surface area contributed by atoms with E-state index in [2.05, 4.69) is 5.32 Å². The molecule has 1 fully saturated rings. The second-order valence-corrected chi connectivity index (χ2v) is 5.38. The zero-order chi connectivity index (χ0) is 14.6. The molecule has 1 aliphatic rings. The van der Waals surface area contributed by atoms with Crippen molar-refractivity contribution < 1.29 is 19.0 Å². The number of amides is 1. The fraction of sp³-hybridized carbons (Fsp3) is 0.533. The number of hydrogen-bond donors (Lipinski definition) is 2. The van der Waals surface area contributed by atoms with E-state index in [1.807, 2.05) is 0 Å². The first-order valence-electron chi connectivity index (χ1n) is 6.91. The molecule has 4 nitrogen and oxygen atoms in total. The van der Waals surface area contributed by atoms with Gasteiger partial charge in [-0.3, -0.25) is 4.79 Å². The molecule has 2 N–H and O–H groups in total. The lowest BCUT2D eigenvalue weighted by atomic mass is 10.0. The van der Waals surface area contributed by atoms with Gasteiger partial charge in [-0.25, -0.2) is 4.39 Å². The van der Waals surface area contributed by atoms with Crippen LogP contribution in [0.3, 0.4) is 0 Å². The Hall–Kier alpha value is -1.62. The van der Waals surface area contributed by atoms with E-state index in [1.54, 1.807) is 6.92 Å². The molecule has 0 aliphatic heterocycles. The number of carbonyl (C=O) groups is 1. The minimum atomic E-state index is -1.22. The number of hydrogen-bond acceptors (Lipinski definition) is 3. The molecule has 0 radical (unpaired) electrons. The lowest BCUT2D eigenvalue weighted by molar-refractivity contribution is -0.140. The van der Waals surface area contributed by atoms with Crippen LogP contribution in [0.2, 0.25) is 0 Å². The zero-order valence-electron chi connectivity index (χ0n) is 11.6. The standard InChI is InChI=1S/C15H20FNO3/c1-11(10-20-13-6-4-12(16)5-7-13)17-14(18)15(19)8-2-3-9-15/h4-7,11,19H,2-3,8-10H2,1H3,(H,17,18). The molecule has 1 aromatic carbocycles. The van der Waals surface area contributed by atoms with E-state index in [0.29, 0.717) is 18.6 Å². The molecule has 5 heteroatoms. The Balaban J connectivity index is 1.79. The van der Waals surface area contributed by atoms with Gasteiger partial charge >= 0.3 is 0 Å². The molecule has 0 bridgehead atoms. The van der Waals surface area contributed by atoms with Crippen molar-refractivity contribution in [3.8, 4) is 5.75 Å². The van der Waals surface area contributed by atoms with Gasteiger partial charge in [-0.2, -0.15) is 0 Å². The Morgan fingerprint density at radius 2 is 2.00 bits per heavy atom. The average Bonchev–Trinajstić information content (AvgIpc) is 2.86. The van der Waals surface area contributed by atoms with Gasteiger partial charge < -0.3 is 15.2 Å². The van der Waals surface area contributed by atoms with Gasteiger partial charge in [0, 0.05) is 0 Å². The largest absolute Gasteiger partial charge is 0.491 e. The van der Waals surface area contributed by atoms with E-state index in [0.717, 1.165) is 12.8 Å². The quantitative estimate of drug-likeness (QED) is 0.868. The van der Waals surface area contributed by atoms with Crippen LogP contribution in [0.25, 0.3) is 0 Å². The van der Waals surface area contributed by atoms with Crippen LogP contribution in [0.15, 0.2) is 24.3 Å². The fourth-order valence-electron chi connectivity index (χ4n) is 2.34. The average molecular weight is 281 g/mol. The van der Waals surface area contributed by atoms with Gasteiger partial charge in [0.25, 0.3) is 5.91 Å². The third kappa shape index (κ3) is 3.70. The third-order valence-corrected chi connectivity index (χ3v) is 3.54. The number of carbonyl (C=O) groups excluding carboxylic acids is 1. The maximum Gasteiger partial charge on any atom is 0.252 e. The van der Waals surface area contributed by atoms with E-state index >= 15 is 0 Å². The predicted molar refractivity (Wildman–Crippen MR) is 72.9 cm³/mol. The second kappa shape index (κ2) is 6.22. The summed E-state index contributed by atoms with van der Waals surface area (Å²) in [5.41, 5.74) is -1.22. The first-order valence-corrected chi connectivity index (χ1v) is 6.91. The Morgan fingerprint density at radius 1 is 1.40 bits per heavy atom. The summed E-state index contributed by atoms with van der Waals surface area (Å²) in [6.07, 6.45) is 2.80. The number of halogens is 1. The maximum absolute atomic E-state index is 12.7. The highest BCUT2D eigenvalue weighted by Crippen LogP contribution is 2.29. The van der Waals surface area contributed by atoms with Crippen LogP contribution in [0.1, 0.15) is 32.6 Å². The van der Waals surface area contributed by atoms with Crippen LogP contribution in [0, 0.1) is 5.82 Å². The van der Waals surface area contributed by atoms with Crippen molar-refractivity contribution >= 4 is 5.91 Å². The summed E-state index contributed by atoms with van der Waals surface area (Å²) in [4.78, 5) is 12.0. The molecule has 0 heterocycles. The summed E-state index contributed by atoms with van der Waals surface area (Å²) in [5.74, 6) is -0.0977. The van der Waals surface area contributed by atoms with Crippen LogP contribution in [0.4, 0.5) is 4.39 Å². The minimum Gasteiger partial charge on any atom is -0.491 e. The van der Waals surface area contributed by atoms with Crippen LogP contribution in [-0.2, 0) is 4.79 Å². The topological polar surface area (TPSA) is 58.6 Å². The third-order valence-electron chi connectivity index (χ3n) is 3.54. The van der Waals surface area contributed by atoms with Gasteiger partial charge in [0.15, 0.2) is 0 Å². The highest BCUT2D eigenvalue weighted by atomic mass is 19.1. The summed E-state index contributed by atoms with van der Waals surface area (Å²) < 4.78 is 18.2. The van der Waals surface area contributed by atoms with Crippen LogP contribution in [0.5, 0.6) is 5.75 Å². The highest BCUT2D eigenvalue weighted by molar-refractivity contribution is 5.85. The number of aliphatic hydroxyl groups is 1. The van der Waals surface area contributed by atoms with Gasteiger partial charge in [0.2, 0.25) is 0 Å². The summed E-state index contributed by atoms with van der Waals surface area (Å²) in [5, 5.41) is 12.9. The van der Waals surface area contributed by atoms with Crippen molar-refractivity contribution in [3.05, 3.63) is 30.1 Å². The smallest absolute Gasteiger partial charge is 0.252 e. The molecule has 1 unspecified atom stereocenters. The van der Waals surface area contributed by atoms with Crippen molar-refractivity contribution in [3.63, 3.8) is 0 Å². The number of rotatable bonds is 5. The number of nitrogens with one attached hydrogen (secondary N) is 1. The van der Waals surface area contributed by atoms with Gasteiger partial charge in [-0.05, 0) is 56.9 Å². The van der Waals surface area contributed by atoms with Gasteiger partial charge in [0.1, 0.15) is 23.8 Å². The SMILES string of the molecule is CC(COc1ccc(F)cc1)NC(=O)C1(O)CCCC1.